The quantitative estimate of drug-likeness (QED) is 0.853. The van der Waals surface area contributed by atoms with Crippen molar-refractivity contribution in [1.82, 2.24) is 5.32 Å². The Kier molecular flexibility index (Phi) is 4.35. The molecule has 0 bridgehead atoms. The van der Waals surface area contributed by atoms with E-state index in [1.54, 1.807) is 12.1 Å². The maximum Gasteiger partial charge on any atom is 0.261 e. The second kappa shape index (κ2) is 5.85. The molecule has 2 aromatic rings. The topological polar surface area (TPSA) is 55.1 Å². The lowest BCUT2D eigenvalue weighted by Gasteiger charge is -2.20. The van der Waals surface area contributed by atoms with Gasteiger partial charge in [-0.25, -0.2) is 4.39 Å². The van der Waals surface area contributed by atoms with Gasteiger partial charge in [0.2, 0.25) is 0 Å². The number of benzene rings is 1. The fourth-order valence-corrected chi connectivity index (χ4v) is 3.22. The second-order valence-electron chi connectivity index (χ2n) is 4.89. The Hall–Kier alpha value is -1.53. The molecule has 0 spiro atoms. The first kappa shape index (κ1) is 14.9. The van der Waals surface area contributed by atoms with Crippen LogP contribution in [0.4, 0.5) is 4.39 Å². The lowest BCUT2D eigenvalue weighted by atomic mass is 10.0. The van der Waals surface area contributed by atoms with Crippen molar-refractivity contribution in [2.45, 2.75) is 19.9 Å². The van der Waals surface area contributed by atoms with E-state index in [2.05, 4.69) is 5.32 Å². The van der Waals surface area contributed by atoms with Crippen LogP contribution < -0.4 is 11.1 Å². The van der Waals surface area contributed by atoms with Gasteiger partial charge in [-0.2, -0.15) is 0 Å². The average Bonchev–Trinajstić information content (AvgIpc) is 2.77. The Morgan fingerprint density at radius 2 is 2.10 bits per heavy atom. The lowest BCUT2D eigenvalue weighted by molar-refractivity contribution is 0.0944. The van der Waals surface area contributed by atoms with Crippen LogP contribution in [-0.2, 0) is 0 Å². The molecule has 1 atom stereocenters. The summed E-state index contributed by atoms with van der Waals surface area (Å²) in [4.78, 5) is 13.0. The summed E-state index contributed by atoms with van der Waals surface area (Å²) < 4.78 is 13.9. The monoisotopic (exact) mass is 310 g/mol. The Balaban J connectivity index is 2.25. The number of halogens is 1. The molecule has 0 saturated carbocycles. The molecular formula is C14H15FN2OS2. The van der Waals surface area contributed by atoms with Gasteiger partial charge in [0, 0.05) is 4.70 Å². The molecule has 3 N–H and O–H groups in total. The molecule has 20 heavy (non-hydrogen) atoms. The highest BCUT2D eigenvalue weighted by atomic mass is 32.1. The van der Waals surface area contributed by atoms with E-state index in [1.165, 1.54) is 23.5 Å². The van der Waals surface area contributed by atoms with E-state index in [-0.39, 0.29) is 28.7 Å². The summed E-state index contributed by atoms with van der Waals surface area (Å²) in [6, 6.07) is 5.85. The summed E-state index contributed by atoms with van der Waals surface area (Å²) in [5, 5.41) is 3.66. The van der Waals surface area contributed by atoms with Crippen molar-refractivity contribution in [1.29, 1.82) is 0 Å². The van der Waals surface area contributed by atoms with Gasteiger partial charge in [-0.15, -0.1) is 11.3 Å². The fourth-order valence-electron chi connectivity index (χ4n) is 1.90. The Labute approximate surface area is 126 Å². The molecule has 3 nitrogen and oxygen atoms in total. The number of hydrogen-bond donors (Lipinski definition) is 2. The van der Waals surface area contributed by atoms with Gasteiger partial charge in [0.1, 0.15) is 5.82 Å². The molecule has 1 amide bonds. The summed E-state index contributed by atoms with van der Waals surface area (Å²) in [6.07, 6.45) is 0. The Bertz CT molecular complexity index is 666. The summed E-state index contributed by atoms with van der Waals surface area (Å²) in [5.74, 6) is -0.434. The number of nitrogens with two attached hydrogens (primary N) is 1. The average molecular weight is 310 g/mol. The van der Waals surface area contributed by atoms with Crippen molar-refractivity contribution in [3.63, 3.8) is 0 Å². The largest absolute Gasteiger partial charge is 0.392 e. The van der Waals surface area contributed by atoms with Crippen molar-refractivity contribution in [3.05, 3.63) is 35.0 Å². The van der Waals surface area contributed by atoms with Gasteiger partial charge >= 0.3 is 0 Å². The molecule has 0 aliphatic heterocycles. The zero-order valence-electron chi connectivity index (χ0n) is 11.1. The molecule has 1 aromatic heterocycles. The third-order valence-electron chi connectivity index (χ3n) is 2.97. The van der Waals surface area contributed by atoms with Crippen LogP contribution in [0.25, 0.3) is 10.1 Å². The molecule has 1 aromatic carbocycles. The summed E-state index contributed by atoms with van der Waals surface area (Å²) >= 11 is 6.21. The minimum Gasteiger partial charge on any atom is -0.392 e. The Morgan fingerprint density at radius 1 is 1.40 bits per heavy atom. The number of amides is 1. The van der Waals surface area contributed by atoms with Gasteiger partial charge in [-0.3, -0.25) is 4.79 Å². The van der Waals surface area contributed by atoms with E-state index < -0.39 is 0 Å². The van der Waals surface area contributed by atoms with Crippen molar-refractivity contribution in [2.24, 2.45) is 11.7 Å². The third-order valence-corrected chi connectivity index (χ3v) is 4.32. The number of thiophene rings is 1. The molecule has 106 valence electrons. The first-order valence-corrected chi connectivity index (χ1v) is 7.40. The maximum atomic E-state index is 13.1. The van der Waals surface area contributed by atoms with Crippen LogP contribution in [0.5, 0.6) is 0 Å². The highest BCUT2D eigenvalue weighted by Crippen LogP contribution is 2.26. The van der Waals surface area contributed by atoms with Gasteiger partial charge in [0.05, 0.1) is 15.9 Å². The predicted octanol–water partition coefficient (Wildman–Crippen LogP) is 3.08. The van der Waals surface area contributed by atoms with Gasteiger partial charge in [0.25, 0.3) is 5.91 Å². The van der Waals surface area contributed by atoms with E-state index in [0.717, 1.165) is 10.1 Å². The number of carbonyl (C=O) groups excluding carboxylic acids is 1. The van der Waals surface area contributed by atoms with Gasteiger partial charge in [-0.05, 0) is 29.5 Å². The molecule has 2 rings (SSSR count). The smallest absolute Gasteiger partial charge is 0.261 e. The molecule has 0 radical (unpaired) electrons. The maximum absolute atomic E-state index is 13.1. The minimum absolute atomic E-state index is 0.114. The van der Waals surface area contributed by atoms with Crippen LogP contribution in [-0.4, -0.2) is 16.9 Å². The minimum atomic E-state index is -0.348. The van der Waals surface area contributed by atoms with Gasteiger partial charge in [0.15, 0.2) is 0 Å². The third kappa shape index (κ3) is 3.13. The van der Waals surface area contributed by atoms with E-state index in [0.29, 0.717) is 4.88 Å². The van der Waals surface area contributed by atoms with Crippen molar-refractivity contribution in [3.8, 4) is 0 Å². The van der Waals surface area contributed by atoms with Crippen molar-refractivity contribution in [2.75, 3.05) is 0 Å². The van der Waals surface area contributed by atoms with Crippen molar-refractivity contribution >= 4 is 44.5 Å². The van der Waals surface area contributed by atoms with Crippen LogP contribution in [0.3, 0.4) is 0 Å². The van der Waals surface area contributed by atoms with E-state index in [4.69, 9.17) is 18.0 Å². The summed E-state index contributed by atoms with van der Waals surface area (Å²) in [6.45, 7) is 3.87. The molecule has 6 heteroatoms. The fraction of sp³-hybridized carbons (Fsp3) is 0.286. The zero-order chi connectivity index (χ0) is 14.9. The standard InChI is InChI=1S/C14H15FN2OS2/c1-7(2)12(13(16)19)17-14(18)11-5-8-3-4-9(15)6-10(8)20-11/h3-7,12H,1-2H3,(H2,16,19)(H,17,18). The van der Waals surface area contributed by atoms with Crippen LogP contribution in [0.2, 0.25) is 0 Å². The molecule has 1 unspecified atom stereocenters. The first-order valence-electron chi connectivity index (χ1n) is 6.17. The van der Waals surface area contributed by atoms with Crippen LogP contribution in [0.15, 0.2) is 24.3 Å². The highest BCUT2D eigenvalue weighted by molar-refractivity contribution is 7.80. The van der Waals surface area contributed by atoms with E-state index in [1.807, 2.05) is 13.8 Å². The normalized spacial score (nSPS) is 12.6. The van der Waals surface area contributed by atoms with Crippen LogP contribution in [0, 0.1) is 11.7 Å². The van der Waals surface area contributed by atoms with E-state index >= 15 is 0 Å². The number of rotatable bonds is 4. The Morgan fingerprint density at radius 3 is 2.70 bits per heavy atom. The molecular weight excluding hydrogens is 295 g/mol. The molecule has 0 aliphatic rings. The zero-order valence-corrected chi connectivity index (χ0v) is 12.8. The number of nitrogens with one attached hydrogen (secondary N) is 1. The highest BCUT2D eigenvalue weighted by Gasteiger charge is 2.20. The van der Waals surface area contributed by atoms with Crippen LogP contribution in [0.1, 0.15) is 23.5 Å². The summed E-state index contributed by atoms with van der Waals surface area (Å²) in [5.41, 5.74) is 5.63. The van der Waals surface area contributed by atoms with E-state index in [9.17, 15) is 9.18 Å². The molecule has 0 aliphatic carbocycles. The lowest BCUT2D eigenvalue weighted by Crippen LogP contribution is -2.46. The molecule has 0 saturated heterocycles. The number of carbonyl (C=O) groups is 1. The molecule has 1 heterocycles. The number of thiocarbonyl (C=S) groups is 1. The number of fused-ring (bicyclic) bond motifs is 1. The van der Waals surface area contributed by atoms with Gasteiger partial charge in [-0.1, -0.05) is 32.1 Å². The van der Waals surface area contributed by atoms with Crippen LogP contribution >= 0.6 is 23.6 Å². The predicted molar refractivity (Wildman–Crippen MR) is 84.7 cm³/mol. The van der Waals surface area contributed by atoms with Crippen molar-refractivity contribution < 1.29 is 9.18 Å². The molecule has 0 fully saturated rings. The van der Waals surface area contributed by atoms with Gasteiger partial charge < -0.3 is 11.1 Å². The second-order valence-corrected chi connectivity index (χ2v) is 6.45. The number of hydrogen-bond acceptors (Lipinski definition) is 3. The summed E-state index contributed by atoms with van der Waals surface area (Å²) in [7, 11) is 0. The first-order chi connectivity index (χ1) is 9.38. The SMILES string of the molecule is CC(C)C(NC(=O)c1cc2ccc(F)cc2s1)C(N)=S.